The third kappa shape index (κ3) is 5.03. The zero-order valence-electron chi connectivity index (χ0n) is 12.3. The monoisotopic (exact) mass is 321 g/mol. The Morgan fingerprint density at radius 3 is 2.43 bits per heavy atom. The van der Waals surface area contributed by atoms with Crippen molar-refractivity contribution in [3.8, 4) is 0 Å². The van der Waals surface area contributed by atoms with Gasteiger partial charge in [-0.2, -0.15) is 0 Å². The minimum Gasteiger partial charge on any atom is -0.316 e. The molecule has 2 aromatic rings. The summed E-state index contributed by atoms with van der Waals surface area (Å²) in [6.45, 7) is 4.14. The first-order valence-electron chi connectivity index (χ1n) is 7.40. The highest BCUT2D eigenvalue weighted by Gasteiger charge is 2.11. The van der Waals surface area contributed by atoms with Crippen LogP contribution in [0.3, 0.4) is 0 Å². The van der Waals surface area contributed by atoms with Crippen molar-refractivity contribution < 1.29 is 0 Å². The highest BCUT2D eigenvalue weighted by atomic mass is 35.5. The first kappa shape index (κ1) is 16.4. The molecule has 0 spiro atoms. The molecule has 3 heteroatoms. The van der Waals surface area contributed by atoms with Gasteiger partial charge in [0.05, 0.1) is 10.0 Å². The molecule has 1 atom stereocenters. The smallest absolute Gasteiger partial charge is 0.0595 e. The maximum Gasteiger partial charge on any atom is 0.0595 e. The predicted octanol–water partition coefficient (Wildman–Crippen LogP) is 5.32. The minimum atomic E-state index is 0.514. The van der Waals surface area contributed by atoms with Crippen LogP contribution in [0.25, 0.3) is 0 Å². The first-order chi connectivity index (χ1) is 10.2. The summed E-state index contributed by atoms with van der Waals surface area (Å²) in [5.74, 6) is 0.514. The number of nitrogens with one attached hydrogen (secondary N) is 1. The number of hydrogen-bond acceptors (Lipinski definition) is 1. The fourth-order valence-corrected chi connectivity index (χ4v) is 2.79. The van der Waals surface area contributed by atoms with E-state index < -0.39 is 0 Å². The Morgan fingerprint density at radius 1 is 1.00 bits per heavy atom. The van der Waals surface area contributed by atoms with E-state index >= 15 is 0 Å². The molecule has 0 heterocycles. The lowest BCUT2D eigenvalue weighted by atomic mass is 9.92. The summed E-state index contributed by atoms with van der Waals surface area (Å²) in [6.07, 6.45) is 2.09. The van der Waals surface area contributed by atoms with Crippen molar-refractivity contribution in [2.75, 3.05) is 13.1 Å². The molecule has 0 radical (unpaired) electrons. The van der Waals surface area contributed by atoms with E-state index in [1.165, 1.54) is 11.1 Å². The standard InChI is InChI=1S/C18H21Cl2N/c1-2-21-13-16(15-6-4-3-5-7-15)10-8-14-9-11-17(19)18(20)12-14/h3-7,9,11-12,16,21H,2,8,10,13H2,1H3. The van der Waals surface area contributed by atoms with E-state index in [-0.39, 0.29) is 0 Å². The molecule has 2 aromatic carbocycles. The van der Waals surface area contributed by atoms with Crippen LogP contribution in [0, 0.1) is 0 Å². The summed E-state index contributed by atoms with van der Waals surface area (Å²) in [6, 6.07) is 16.6. The summed E-state index contributed by atoms with van der Waals surface area (Å²) < 4.78 is 0. The molecule has 1 nitrogen and oxygen atoms in total. The number of rotatable bonds is 7. The van der Waals surface area contributed by atoms with Gasteiger partial charge in [0.15, 0.2) is 0 Å². The van der Waals surface area contributed by atoms with Crippen LogP contribution in [0.1, 0.15) is 30.4 Å². The molecule has 0 saturated heterocycles. The average Bonchev–Trinajstić information content (AvgIpc) is 2.51. The molecular weight excluding hydrogens is 301 g/mol. The fraction of sp³-hybridized carbons (Fsp3) is 0.333. The van der Waals surface area contributed by atoms with Gasteiger partial charge in [0.1, 0.15) is 0 Å². The van der Waals surface area contributed by atoms with Crippen LogP contribution in [-0.4, -0.2) is 13.1 Å². The summed E-state index contributed by atoms with van der Waals surface area (Å²) in [4.78, 5) is 0. The fourth-order valence-electron chi connectivity index (χ4n) is 2.47. The molecule has 1 N–H and O–H groups in total. The molecular formula is C18H21Cl2N. The van der Waals surface area contributed by atoms with Gasteiger partial charge in [-0.1, -0.05) is 66.5 Å². The molecule has 0 fully saturated rings. The number of benzene rings is 2. The first-order valence-corrected chi connectivity index (χ1v) is 8.16. The van der Waals surface area contributed by atoms with Crippen molar-refractivity contribution in [1.29, 1.82) is 0 Å². The van der Waals surface area contributed by atoms with Gasteiger partial charge in [0.25, 0.3) is 0 Å². The Morgan fingerprint density at radius 2 is 1.76 bits per heavy atom. The maximum atomic E-state index is 6.09. The number of aryl methyl sites for hydroxylation is 1. The van der Waals surface area contributed by atoms with Crippen LogP contribution in [0.5, 0.6) is 0 Å². The largest absolute Gasteiger partial charge is 0.316 e. The lowest BCUT2D eigenvalue weighted by Gasteiger charge is -2.18. The molecule has 0 saturated carbocycles. The molecule has 112 valence electrons. The second-order valence-electron chi connectivity index (χ2n) is 5.20. The van der Waals surface area contributed by atoms with Crippen molar-refractivity contribution in [1.82, 2.24) is 5.32 Å². The Labute approximate surface area is 137 Å². The molecule has 21 heavy (non-hydrogen) atoms. The van der Waals surface area contributed by atoms with Gasteiger partial charge in [-0.3, -0.25) is 0 Å². The SMILES string of the molecule is CCNCC(CCc1ccc(Cl)c(Cl)c1)c1ccccc1. The lowest BCUT2D eigenvalue weighted by Crippen LogP contribution is -2.21. The van der Waals surface area contributed by atoms with Crippen molar-refractivity contribution in [2.45, 2.75) is 25.7 Å². The molecule has 1 unspecified atom stereocenters. The van der Waals surface area contributed by atoms with Crippen LogP contribution in [0.15, 0.2) is 48.5 Å². The molecule has 0 amide bonds. The summed E-state index contributed by atoms with van der Waals surface area (Å²) in [7, 11) is 0. The maximum absolute atomic E-state index is 6.09. The van der Waals surface area contributed by atoms with Gasteiger partial charge in [-0.15, -0.1) is 0 Å². The van der Waals surface area contributed by atoms with Crippen LogP contribution >= 0.6 is 23.2 Å². The Hall–Kier alpha value is -1.02. The quantitative estimate of drug-likeness (QED) is 0.727. The van der Waals surface area contributed by atoms with E-state index in [4.69, 9.17) is 23.2 Å². The molecule has 2 rings (SSSR count). The predicted molar refractivity (Wildman–Crippen MR) is 92.5 cm³/mol. The second-order valence-corrected chi connectivity index (χ2v) is 6.02. The zero-order valence-corrected chi connectivity index (χ0v) is 13.8. The van der Waals surface area contributed by atoms with Gasteiger partial charge in [-0.25, -0.2) is 0 Å². The molecule has 0 aliphatic rings. The molecule has 0 aromatic heterocycles. The van der Waals surface area contributed by atoms with Gasteiger partial charge < -0.3 is 5.32 Å². The molecule has 0 aliphatic carbocycles. The van der Waals surface area contributed by atoms with Crippen LogP contribution in [-0.2, 0) is 6.42 Å². The average molecular weight is 322 g/mol. The molecule has 0 bridgehead atoms. The van der Waals surface area contributed by atoms with Gasteiger partial charge in [0.2, 0.25) is 0 Å². The van der Waals surface area contributed by atoms with Crippen LogP contribution < -0.4 is 5.32 Å². The normalized spacial score (nSPS) is 12.3. The number of hydrogen-bond donors (Lipinski definition) is 1. The Balaban J connectivity index is 2.03. The van der Waals surface area contributed by atoms with E-state index in [1.54, 1.807) is 0 Å². The topological polar surface area (TPSA) is 12.0 Å². The van der Waals surface area contributed by atoms with E-state index in [9.17, 15) is 0 Å². The van der Waals surface area contributed by atoms with Gasteiger partial charge in [-0.05, 0) is 48.6 Å². The molecule has 0 aliphatic heterocycles. The Kier molecular flexibility index (Phi) is 6.56. The highest BCUT2D eigenvalue weighted by Crippen LogP contribution is 2.26. The van der Waals surface area contributed by atoms with Gasteiger partial charge in [0, 0.05) is 6.54 Å². The highest BCUT2D eigenvalue weighted by molar-refractivity contribution is 6.42. The van der Waals surface area contributed by atoms with E-state index in [2.05, 4.69) is 48.6 Å². The van der Waals surface area contributed by atoms with E-state index in [1.807, 2.05) is 12.1 Å². The second kappa shape index (κ2) is 8.43. The summed E-state index contributed by atoms with van der Waals surface area (Å²) >= 11 is 12.1. The lowest BCUT2D eigenvalue weighted by molar-refractivity contribution is 0.562. The minimum absolute atomic E-state index is 0.514. The van der Waals surface area contributed by atoms with Crippen molar-refractivity contribution in [3.05, 3.63) is 69.7 Å². The zero-order chi connectivity index (χ0) is 15.1. The third-order valence-corrected chi connectivity index (χ3v) is 4.42. The van der Waals surface area contributed by atoms with Crippen molar-refractivity contribution >= 4 is 23.2 Å². The third-order valence-electron chi connectivity index (χ3n) is 3.68. The van der Waals surface area contributed by atoms with Crippen molar-refractivity contribution in [2.24, 2.45) is 0 Å². The summed E-state index contributed by atoms with van der Waals surface area (Å²) in [5, 5.41) is 4.71. The van der Waals surface area contributed by atoms with Crippen molar-refractivity contribution in [3.63, 3.8) is 0 Å². The summed E-state index contributed by atoms with van der Waals surface area (Å²) in [5.41, 5.74) is 2.63. The van der Waals surface area contributed by atoms with Crippen LogP contribution in [0.4, 0.5) is 0 Å². The van der Waals surface area contributed by atoms with E-state index in [0.717, 1.165) is 25.9 Å². The number of likely N-dealkylation sites (N-methyl/N-ethyl adjacent to an activating group) is 1. The van der Waals surface area contributed by atoms with E-state index in [0.29, 0.717) is 16.0 Å². The van der Waals surface area contributed by atoms with Crippen LogP contribution in [0.2, 0.25) is 10.0 Å². The van der Waals surface area contributed by atoms with Gasteiger partial charge >= 0.3 is 0 Å². The number of halogens is 2. The Bertz CT molecular complexity index is 554.